The maximum atomic E-state index is 11.5. The second-order valence-electron chi connectivity index (χ2n) is 4.92. The maximum absolute atomic E-state index is 11.5. The number of fused-ring (bicyclic) bond motifs is 1. The van der Waals surface area contributed by atoms with Crippen LogP contribution in [0.2, 0.25) is 0 Å². The highest BCUT2D eigenvalue weighted by atomic mass is 32.2. The summed E-state index contributed by atoms with van der Waals surface area (Å²) in [6.07, 6.45) is 2.10. The predicted molar refractivity (Wildman–Crippen MR) is 77.1 cm³/mol. The van der Waals surface area contributed by atoms with Gasteiger partial charge in [-0.2, -0.15) is 5.26 Å². The molecule has 1 aliphatic rings. The zero-order chi connectivity index (χ0) is 14.2. The average molecular weight is 287 g/mol. The van der Waals surface area contributed by atoms with Gasteiger partial charge in [0, 0.05) is 17.6 Å². The van der Waals surface area contributed by atoms with E-state index < -0.39 is 9.84 Å². The van der Waals surface area contributed by atoms with Crippen molar-refractivity contribution in [3.8, 4) is 6.07 Å². The highest BCUT2D eigenvalue weighted by Gasteiger charge is 2.28. The third-order valence-corrected chi connectivity index (χ3v) is 5.24. The molecule has 1 atom stereocenters. The summed E-state index contributed by atoms with van der Waals surface area (Å²) in [4.78, 5) is 4.24. The van der Waals surface area contributed by atoms with Crippen LogP contribution in [0.4, 0.5) is 5.69 Å². The summed E-state index contributed by atoms with van der Waals surface area (Å²) in [5.74, 6) is 0.324. The van der Waals surface area contributed by atoms with Crippen LogP contribution in [0.15, 0.2) is 30.5 Å². The van der Waals surface area contributed by atoms with Gasteiger partial charge in [-0.1, -0.05) is 18.2 Å². The minimum atomic E-state index is -2.95. The predicted octanol–water partition coefficient (Wildman–Crippen LogP) is 1.71. The molecule has 102 valence electrons. The van der Waals surface area contributed by atoms with Crippen molar-refractivity contribution >= 4 is 26.4 Å². The van der Waals surface area contributed by atoms with E-state index in [0.717, 1.165) is 10.9 Å². The number of nitrogens with zero attached hydrogens (tertiary/aromatic N) is 2. The highest BCUT2D eigenvalue weighted by Crippen LogP contribution is 2.27. The second kappa shape index (κ2) is 4.76. The van der Waals surface area contributed by atoms with Crippen LogP contribution in [0.25, 0.3) is 10.9 Å². The molecule has 0 saturated carbocycles. The van der Waals surface area contributed by atoms with Crippen molar-refractivity contribution in [2.75, 3.05) is 16.8 Å². The smallest absolute Gasteiger partial charge is 0.152 e. The number of hydrogen-bond acceptors (Lipinski definition) is 5. The van der Waals surface area contributed by atoms with E-state index in [0.29, 0.717) is 17.7 Å². The normalized spacial score (nSPS) is 20.6. The van der Waals surface area contributed by atoms with Gasteiger partial charge in [0.15, 0.2) is 9.84 Å². The van der Waals surface area contributed by atoms with E-state index in [-0.39, 0.29) is 17.5 Å². The van der Waals surface area contributed by atoms with Gasteiger partial charge in [0.1, 0.15) is 6.07 Å². The number of benzene rings is 1. The molecule has 0 amide bonds. The van der Waals surface area contributed by atoms with Crippen molar-refractivity contribution in [1.29, 1.82) is 5.26 Å². The van der Waals surface area contributed by atoms with Crippen molar-refractivity contribution in [2.24, 2.45) is 0 Å². The van der Waals surface area contributed by atoms with Crippen LogP contribution in [0.5, 0.6) is 0 Å². The van der Waals surface area contributed by atoms with Crippen LogP contribution >= 0.6 is 0 Å². The zero-order valence-electron chi connectivity index (χ0n) is 10.7. The Morgan fingerprint density at radius 2 is 2.15 bits per heavy atom. The van der Waals surface area contributed by atoms with Gasteiger partial charge in [-0.15, -0.1) is 0 Å². The van der Waals surface area contributed by atoms with Gasteiger partial charge in [-0.3, -0.25) is 4.98 Å². The molecule has 1 aromatic carbocycles. The molecule has 20 heavy (non-hydrogen) atoms. The molecule has 5 nitrogen and oxygen atoms in total. The number of anilines is 1. The van der Waals surface area contributed by atoms with Crippen LogP contribution in [0.1, 0.15) is 12.0 Å². The number of nitrogens with one attached hydrogen (secondary N) is 1. The van der Waals surface area contributed by atoms with Crippen molar-refractivity contribution in [2.45, 2.75) is 12.5 Å². The molecular weight excluding hydrogens is 274 g/mol. The van der Waals surface area contributed by atoms with E-state index in [1.807, 2.05) is 24.3 Å². The second-order valence-corrected chi connectivity index (χ2v) is 7.15. The van der Waals surface area contributed by atoms with Gasteiger partial charge in [0.2, 0.25) is 0 Å². The minimum absolute atomic E-state index is 0.120. The number of aromatic nitrogens is 1. The summed E-state index contributed by atoms with van der Waals surface area (Å²) >= 11 is 0. The first-order valence-corrected chi connectivity index (χ1v) is 8.16. The number of rotatable bonds is 2. The number of para-hydroxylation sites is 1. The summed E-state index contributed by atoms with van der Waals surface area (Å²) < 4.78 is 23.1. The minimum Gasteiger partial charge on any atom is -0.380 e. The molecule has 1 aromatic heterocycles. The van der Waals surface area contributed by atoms with E-state index in [1.165, 1.54) is 6.20 Å². The molecule has 2 heterocycles. The number of sulfone groups is 1. The van der Waals surface area contributed by atoms with E-state index in [4.69, 9.17) is 0 Å². The van der Waals surface area contributed by atoms with Crippen molar-refractivity contribution in [3.05, 3.63) is 36.0 Å². The molecule has 0 aliphatic carbocycles. The molecule has 6 heteroatoms. The Morgan fingerprint density at radius 1 is 1.35 bits per heavy atom. The van der Waals surface area contributed by atoms with Crippen LogP contribution < -0.4 is 5.32 Å². The maximum Gasteiger partial charge on any atom is 0.152 e. The lowest BCUT2D eigenvalue weighted by molar-refractivity contribution is 0.602. The van der Waals surface area contributed by atoms with Crippen molar-refractivity contribution < 1.29 is 8.42 Å². The van der Waals surface area contributed by atoms with Crippen LogP contribution in [-0.4, -0.2) is 30.9 Å². The number of hydrogen-bond donors (Lipinski definition) is 1. The highest BCUT2D eigenvalue weighted by molar-refractivity contribution is 7.91. The summed E-state index contributed by atoms with van der Waals surface area (Å²) in [5.41, 5.74) is 1.91. The quantitative estimate of drug-likeness (QED) is 0.909. The summed E-state index contributed by atoms with van der Waals surface area (Å²) in [5, 5.41) is 13.3. The lowest BCUT2D eigenvalue weighted by Crippen LogP contribution is -2.21. The van der Waals surface area contributed by atoms with Gasteiger partial charge in [-0.05, 0) is 12.5 Å². The van der Waals surface area contributed by atoms with Crippen LogP contribution in [-0.2, 0) is 9.84 Å². The van der Waals surface area contributed by atoms with Gasteiger partial charge in [-0.25, -0.2) is 8.42 Å². The molecule has 0 radical (unpaired) electrons. The Labute approximate surface area is 117 Å². The third kappa shape index (κ3) is 2.32. The fourth-order valence-electron chi connectivity index (χ4n) is 2.49. The molecule has 0 spiro atoms. The van der Waals surface area contributed by atoms with Gasteiger partial charge in [0.25, 0.3) is 0 Å². The lowest BCUT2D eigenvalue weighted by Gasteiger charge is -2.15. The van der Waals surface area contributed by atoms with E-state index >= 15 is 0 Å². The first-order valence-electron chi connectivity index (χ1n) is 6.34. The molecule has 1 unspecified atom stereocenters. The Morgan fingerprint density at radius 3 is 2.85 bits per heavy atom. The van der Waals surface area contributed by atoms with E-state index in [9.17, 15) is 13.7 Å². The Balaban J connectivity index is 2.04. The average Bonchev–Trinajstić information content (AvgIpc) is 2.78. The molecule has 1 aliphatic heterocycles. The fraction of sp³-hybridized carbons (Fsp3) is 0.286. The van der Waals surface area contributed by atoms with Gasteiger partial charge in [0.05, 0.1) is 28.3 Å². The van der Waals surface area contributed by atoms with Crippen LogP contribution in [0, 0.1) is 11.3 Å². The monoisotopic (exact) mass is 287 g/mol. The fourth-order valence-corrected chi connectivity index (χ4v) is 4.17. The van der Waals surface area contributed by atoms with Crippen molar-refractivity contribution in [3.63, 3.8) is 0 Å². The molecular formula is C14H13N3O2S. The Kier molecular flexibility index (Phi) is 3.07. The number of pyridine rings is 1. The first kappa shape index (κ1) is 12.9. The molecule has 0 bridgehead atoms. The molecule has 2 aromatic rings. The van der Waals surface area contributed by atoms with Gasteiger partial charge < -0.3 is 5.32 Å². The summed E-state index contributed by atoms with van der Waals surface area (Å²) in [6, 6.07) is 9.48. The van der Waals surface area contributed by atoms with E-state index in [2.05, 4.69) is 16.4 Å². The molecule has 1 fully saturated rings. The third-order valence-electron chi connectivity index (χ3n) is 3.48. The first-order chi connectivity index (χ1) is 9.59. The molecule has 1 N–H and O–H groups in total. The van der Waals surface area contributed by atoms with Crippen LogP contribution in [0.3, 0.4) is 0 Å². The summed E-state index contributed by atoms with van der Waals surface area (Å²) in [7, 11) is -2.95. The molecule has 3 rings (SSSR count). The van der Waals surface area contributed by atoms with Crippen molar-refractivity contribution in [1.82, 2.24) is 4.98 Å². The largest absolute Gasteiger partial charge is 0.380 e. The Hall–Kier alpha value is -2.13. The number of nitriles is 1. The zero-order valence-corrected chi connectivity index (χ0v) is 11.5. The molecule has 1 saturated heterocycles. The lowest BCUT2D eigenvalue weighted by atomic mass is 10.1. The van der Waals surface area contributed by atoms with Gasteiger partial charge >= 0.3 is 0 Å². The summed E-state index contributed by atoms with van der Waals surface area (Å²) in [6.45, 7) is 0. The Bertz CT molecular complexity index is 809. The standard InChI is InChI=1S/C14H13N3O2S/c15-7-10-8-16-13-4-2-1-3-12(13)14(10)17-11-5-6-20(18,19)9-11/h1-4,8,11H,5-6,9H2,(H,16,17). The topological polar surface area (TPSA) is 82.8 Å². The SMILES string of the molecule is N#Cc1cnc2ccccc2c1NC1CCS(=O)(=O)C1. The van der Waals surface area contributed by atoms with E-state index in [1.54, 1.807) is 0 Å².